The number of amides is 3. The molecule has 2 aliphatic heterocycles. The van der Waals surface area contributed by atoms with Crippen molar-refractivity contribution in [1.29, 1.82) is 0 Å². The summed E-state index contributed by atoms with van der Waals surface area (Å²) in [6.45, 7) is 6.29. The van der Waals surface area contributed by atoms with E-state index in [2.05, 4.69) is 22.0 Å². The number of piperazine rings is 1. The van der Waals surface area contributed by atoms with Crippen LogP contribution in [0.2, 0.25) is 0 Å². The molecular weight excluding hydrogens is 408 g/mol. The van der Waals surface area contributed by atoms with Crippen LogP contribution in [0.3, 0.4) is 0 Å². The van der Waals surface area contributed by atoms with Gasteiger partial charge in [-0.15, -0.1) is 0 Å². The van der Waals surface area contributed by atoms with Gasteiger partial charge in [0, 0.05) is 64.8 Å². The van der Waals surface area contributed by atoms with Crippen LogP contribution in [0.4, 0.5) is 4.79 Å². The van der Waals surface area contributed by atoms with Crippen molar-refractivity contribution in [3.8, 4) is 11.4 Å². The molecule has 9 heteroatoms. The molecular formula is C23H32N6O3. The van der Waals surface area contributed by atoms with Crippen LogP contribution in [0.1, 0.15) is 31.7 Å². The van der Waals surface area contributed by atoms with Gasteiger partial charge in [0.05, 0.1) is 6.04 Å². The number of aromatic nitrogens is 2. The minimum absolute atomic E-state index is 0.00232. The smallest absolute Gasteiger partial charge is 0.319 e. The zero-order valence-corrected chi connectivity index (χ0v) is 19.1. The van der Waals surface area contributed by atoms with Gasteiger partial charge in [0.1, 0.15) is 0 Å². The lowest BCUT2D eigenvalue weighted by Gasteiger charge is -2.40. The quantitative estimate of drug-likeness (QED) is 0.725. The van der Waals surface area contributed by atoms with Crippen LogP contribution in [0.25, 0.3) is 11.4 Å². The number of piperidine rings is 1. The second-order valence-corrected chi connectivity index (χ2v) is 8.80. The molecule has 9 nitrogen and oxygen atoms in total. The van der Waals surface area contributed by atoms with E-state index in [1.165, 1.54) is 0 Å². The Morgan fingerprint density at radius 1 is 1.00 bits per heavy atom. The van der Waals surface area contributed by atoms with Gasteiger partial charge in [-0.1, -0.05) is 35.5 Å². The average Bonchev–Trinajstić information content (AvgIpc) is 3.34. The van der Waals surface area contributed by atoms with Crippen molar-refractivity contribution in [3.05, 3.63) is 36.2 Å². The first-order valence-corrected chi connectivity index (χ1v) is 11.3. The summed E-state index contributed by atoms with van der Waals surface area (Å²) in [4.78, 5) is 37.4. The normalized spacial score (nSPS) is 19.1. The van der Waals surface area contributed by atoms with E-state index in [0.29, 0.717) is 37.9 Å². The molecule has 3 heterocycles. The van der Waals surface area contributed by atoms with Gasteiger partial charge in [-0.3, -0.25) is 9.69 Å². The van der Waals surface area contributed by atoms with Crippen LogP contribution >= 0.6 is 0 Å². The number of rotatable bonds is 4. The standard InChI is InChI=1S/C23H32N6O3/c1-17(21-24-20(25-32-21)18-7-5-4-6-8-18)27-13-15-28(16-14-27)22(30)19-9-11-29(12-10-19)23(31)26(2)3/h4-8,17,19H,9-16H2,1-3H3. The zero-order chi connectivity index (χ0) is 22.7. The van der Waals surface area contributed by atoms with Crippen molar-refractivity contribution in [2.45, 2.75) is 25.8 Å². The molecule has 1 unspecified atom stereocenters. The van der Waals surface area contributed by atoms with Gasteiger partial charge in [-0.2, -0.15) is 4.98 Å². The van der Waals surface area contributed by atoms with Crippen LogP contribution in [-0.4, -0.2) is 95.0 Å². The van der Waals surface area contributed by atoms with E-state index in [1.54, 1.807) is 19.0 Å². The third-order valence-electron chi connectivity index (χ3n) is 6.50. The second-order valence-electron chi connectivity index (χ2n) is 8.80. The summed E-state index contributed by atoms with van der Waals surface area (Å²) in [5.74, 6) is 1.43. The molecule has 2 aliphatic rings. The summed E-state index contributed by atoms with van der Waals surface area (Å²) < 4.78 is 5.53. The van der Waals surface area contributed by atoms with E-state index in [0.717, 1.165) is 31.5 Å². The highest BCUT2D eigenvalue weighted by molar-refractivity contribution is 5.80. The molecule has 172 valence electrons. The first kappa shape index (κ1) is 22.3. The van der Waals surface area contributed by atoms with Crippen LogP contribution in [0, 0.1) is 5.92 Å². The second kappa shape index (κ2) is 9.68. The minimum atomic E-state index is -0.00232. The number of hydrogen-bond donors (Lipinski definition) is 0. The molecule has 3 amide bonds. The molecule has 0 N–H and O–H groups in total. The van der Waals surface area contributed by atoms with E-state index in [-0.39, 0.29) is 23.9 Å². The maximum absolute atomic E-state index is 13.0. The van der Waals surface area contributed by atoms with Gasteiger partial charge in [0.15, 0.2) is 0 Å². The van der Waals surface area contributed by atoms with Gasteiger partial charge >= 0.3 is 6.03 Å². The lowest BCUT2D eigenvalue weighted by molar-refractivity contribution is -0.139. The summed E-state index contributed by atoms with van der Waals surface area (Å²) >= 11 is 0. The molecule has 0 saturated carbocycles. The molecule has 0 radical (unpaired) electrons. The molecule has 1 aromatic carbocycles. The third kappa shape index (κ3) is 4.77. The molecule has 0 spiro atoms. The van der Waals surface area contributed by atoms with Gasteiger partial charge in [0.2, 0.25) is 17.6 Å². The highest BCUT2D eigenvalue weighted by Crippen LogP contribution is 2.25. The molecule has 2 saturated heterocycles. The Hall–Kier alpha value is -2.94. The van der Waals surface area contributed by atoms with Crippen LogP contribution in [0.15, 0.2) is 34.9 Å². The van der Waals surface area contributed by atoms with Crippen LogP contribution in [0.5, 0.6) is 0 Å². The predicted octanol–water partition coefficient (Wildman–Crippen LogP) is 2.34. The first-order chi connectivity index (χ1) is 15.4. The summed E-state index contributed by atoms with van der Waals surface area (Å²) in [6, 6.07) is 9.81. The number of hydrogen-bond acceptors (Lipinski definition) is 6. The van der Waals surface area contributed by atoms with E-state index >= 15 is 0 Å². The highest BCUT2D eigenvalue weighted by atomic mass is 16.5. The molecule has 4 rings (SSSR count). The average molecular weight is 441 g/mol. The Kier molecular flexibility index (Phi) is 6.74. The molecule has 1 aromatic heterocycles. The summed E-state index contributed by atoms with van der Waals surface area (Å²) in [5, 5.41) is 4.13. The summed E-state index contributed by atoms with van der Waals surface area (Å²) in [6.07, 6.45) is 1.47. The molecule has 2 fully saturated rings. The number of carbonyl (C=O) groups excluding carboxylic acids is 2. The molecule has 32 heavy (non-hydrogen) atoms. The summed E-state index contributed by atoms with van der Waals surface area (Å²) in [7, 11) is 3.52. The van der Waals surface area contributed by atoms with Crippen molar-refractivity contribution < 1.29 is 14.1 Å². The fraction of sp³-hybridized carbons (Fsp3) is 0.565. The Morgan fingerprint density at radius 3 is 2.28 bits per heavy atom. The van der Waals surface area contributed by atoms with Gasteiger partial charge in [-0.25, -0.2) is 4.79 Å². The van der Waals surface area contributed by atoms with E-state index in [4.69, 9.17) is 4.52 Å². The minimum Gasteiger partial charge on any atom is -0.340 e. The van der Waals surface area contributed by atoms with Crippen LogP contribution in [-0.2, 0) is 4.79 Å². The Balaban J connectivity index is 1.27. The van der Waals surface area contributed by atoms with Crippen molar-refractivity contribution in [1.82, 2.24) is 29.7 Å². The van der Waals surface area contributed by atoms with E-state index in [1.807, 2.05) is 40.1 Å². The van der Waals surface area contributed by atoms with Crippen LogP contribution < -0.4 is 0 Å². The SMILES string of the molecule is CC(c1nc(-c2ccccc2)no1)N1CCN(C(=O)C2CCN(C(=O)N(C)C)CC2)CC1. The van der Waals surface area contributed by atoms with E-state index in [9.17, 15) is 9.59 Å². The van der Waals surface area contributed by atoms with Gasteiger partial charge < -0.3 is 19.2 Å². The maximum Gasteiger partial charge on any atom is 0.319 e. The first-order valence-electron chi connectivity index (χ1n) is 11.3. The Morgan fingerprint density at radius 2 is 1.66 bits per heavy atom. The summed E-state index contributed by atoms with van der Waals surface area (Å²) in [5.41, 5.74) is 0.934. The molecule has 1 atom stereocenters. The van der Waals surface area contributed by atoms with E-state index < -0.39 is 0 Å². The lowest BCUT2D eigenvalue weighted by Crippen LogP contribution is -2.52. The number of benzene rings is 1. The maximum atomic E-state index is 13.0. The monoisotopic (exact) mass is 440 g/mol. The van der Waals surface area contributed by atoms with Crippen molar-refractivity contribution in [2.24, 2.45) is 5.92 Å². The molecule has 0 bridgehead atoms. The van der Waals surface area contributed by atoms with Gasteiger partial charge in [-0.05, 0) is 19.8 Å². The number of likely N-dealkylation sites (tertiary alicyclic amines) is 1. The topological polar surface area (TPSA) is 86.0 Å². The van der Waals surface area contributed by atoms with Crippen molar-refractivity contribution in [3.63, 3.8) is 0 Å². The lowest BCUT2D eigenvalue weighted by atomic mass is 9.95. The fourth-order valence-corrected chi connectivity index (χ4v) is 4.45. The fourth-order valence-electron chi connectivity index (χ4n) is 4.45. The zero-order valence-electron chi connectivity index (χ0n) is 19.1. The number of nitrogens with zero attached hydrogens (tertiary/aromatic N) is 6. The molecule has 2 aromatic rings. The number of urea groups is 1. The van der Waals surface area contributed by atoms with Crippen molar-refractivity contribution >= 4 is 11.9 Å². The molecule has 0 aliphatic carbocycles. The third-order valence-corrected chi connectivity index (χ3v) is 6.50. The highest BCUT2D eigenvalue weighted by Gasteiger charge is 2.33. The number of carbonyl (C=O) groups is 2. The largest absolute Gasteiger partial charge is 0.340 e. The van der Waals surface area contributed by atoms with Gasteiger partial charge in [0.25, 0.3) is 0 Å². The Labute approximate surface area is 188 Å². The van der Waals surface area contributed by atoms with Crippen molar-refractivity contribution in [2.75, 3.05) is 53.4 Å². The predicted molar refractivity (Wildman–Crippen MR) is 120 cm³/mol. The Bertz CT molecular complexity index is 915.